The lowest BCUT2D eigenvalue weighted by molar-refractivity contribution is 0.316. The largest absolute Gasteiger partial charge is 0.409 e. The average Bonchev–Trinajstić information content (AvgIpc) is 2.32. The van der Waals surface area contributed by atoms with Crippen LogP contribution in [-0.2, 0) is 0 Å². The molecule has 0 radical (unpaired) electrons. The number of halogens is 2. The predicted octanol–water partition coefficient (Wildman–Crippen LogP) is 3.32. The van der Waals surface area contributed by atoms with Crippen LogP contribution < -0.4 is 11.1 Å². The van der Waals surface area contributed by atoms with Gasteiger partial charge in [0.15, 0.2) is 0 Å². The first-order valence-electron chi connectivity index (χ1n) is 5.24. The van der Waals surface area contributed by atoms with E-state index in [1.54, 1.807) is 12.1 Å². The fourth-order valence-electron chi connectivity index (χ4n) is 1.41. The SMILES string of the molecule is CCC(CC(N)=NO)Nc1ccc(Cl)c(Cl)c1. The average molecular weight is 276 g/mol. The first-order chi connectivity index (χ1) is 8.06. The molecule has 0 heterocycles. The number of hydrogen-bond donors (Lipinski definition) is 3. The van der Waals surface area contributed by atoms with Gasteiger partial charge in [-0.3, -0.25) is 0 Å². The van der Waals surface area contributed by atoms with E-state index in [1.165, 1.54) is 0 Å². The molecule has 0 amide bonds. The minimum atomic E-state index is 0.0862. The number of nitrogens with two attached hydrogens (primary N) is 1. The Morgan fingerprint density at radius 2 is 2.18 bits per heavy atom. The van der Waals surface area contributed by atoms with Crippen LogP contribution in [0.15, 0.2) is 23.4 Å². The van der Waals surface area contributed by atoms with Crippen LogP contribution >= 0.6 is 23.2 Å². The summed E-state index contributed by atoms with van der Waals surface area (Å²) < 4.78 is 0. The third-order valence-electron chi connectivity index (χ3n) is 2.37. The molecule has 1 rings (SSSR count). The third kappa shape index (κ3) is 4.32. The van der Waals surface area contributed by atoms with Crippen LogP contribution in [0.25, 0.3) is 0 Å². The normalized spacial score (nSPS) is 13.5. The Morgan fingerprint density at radius 1 is 1.47 bits per heavy atom. The second kappa shape index (κ2) is 6.57. The summed E-state index contributed by atoms with van der Waals surface area (Å²) in [6.45, 7) is 2.01. The summed E-state index contributed by atoms with van der Waals surface area (Å²) in [7, 11) is 0. The van der Waals surface area contributed by atoms with E-state index < -0.39 is 0 Å². The van der Waals surface area contributed by atoms with Gasteiger partial charge in [0.2, 0.25) is 0 Å². The van der Waals surface area contributed by atoms with Gasteiger partial charge in [-0.1, -0.05) is 35.3 Å². The Morgan fingerprint density at radius 3 is 2.71 bits per heavy atom. The van der Waals surface area contributed by atoms with Gasteiger partial charge in [0.25, 0.3) is 0 Å². The summed E-state index contributed by atoms with van der Waals surface area (Å²) in [4.78, 5) is 0. The maximum absolute atomic E-state index is 8.52. The molecule has 0 spiro atoms. The van der Waals surface area contributed by atoms with Gasteiger partial charge < -0.3 is 16.3 Å². The summed E-state index contributed by atoms with van der Waals surface area (Å²) in [6.07, 6.45) is 1.31. The highest BCUT2D eigenvalue weighted by Crippen LogP contribution is 2.25. The fraction of sp³-hybridized carbons (Fsp3) is 0.364. The lowest BCUT2D eigenvalue weighted by atomic mass is 10.1. The van der Waals surface area contributed by atoms with Crippen LogP contribution in [-0.4, -0.2) is 17.1 Å². The molecular formula is C11H15Cl2N3O. The molecule has 1 aromatic rings. The topological polar surface area (TPSA) is 70.6 Å². The van der Waals surface area contributed by atoms with E-state index in [4.69, 9.17) is 34.1 Å². The Labute approximate surface area is 110 Å². The number of nitrogens with zero attached hydrogens (tertiary/aromatic N) is 1. The number of nitrogens with one attached hydrogen (secondary N) is 1. The Hall–Kier alpha value is -1.13. The first kappa shape index (κ1) is 13.9. The summed E-state index contributed by atoms with van der Waals surface area (Å²) in [6, 6.07) is 5.40. The molecule has 0 saturated carbocycles. The van der Waals surface area contributed by atoms with Crippen molar-refractivity contribution in [3.05, 3.63) is 28.2 Å². The monoisotopic (exact) mass is 275 g/mol. The summed E-state index contributed by atoms with van der Waals surface area (Å²) in [5, 5.41) is 15.7. The van der Waals surface area contributed by atoms with Crippen molar-refractivity contribution in [1.82, 2.24) is 0 Å². The molecule has 0 aliphatic heterocycles. The molecule has 1 atom stereocenters. The van der Waals surface area contributed by atoms with Gasteiger partial charge in [0, 0.05) is 18.2 Å². The van der Waals surface area contributed by atoms with Gasteiger partial charge in [-0.25, -0.2) is 0 Å². The molecular weight excluding hydrogens is 261 g/mol. The Balaban J connectivity index is 2.70. The van der Waals surface area contributed by atoms with Gasteiger partial charge in [-0.15, -0.1) is 0 Å². The number of benzene rings is 1. The van der Waals surface area contributed by atoms with E-state index in [2.05, 4.69) is 10.5 Å². The number of amidine groups is 1. The van der Waals surface area contributed by atoms with Crippen molar-refractivity contribution >= 4 is 34.7 Å². The van der Waals surface area contributed by atoms with Gasteiger partial charge in [-0.2, -0.15) is 0 Å². The van der Waals surface area contributed by atoms with Gasteiger partial charge in [0.1, 0.15) is 5.84 Å². The van der Waals surface area contributed by atoms with Crippen molar-refractivity contribution in [1.29, 1.82) is 0 Å². The second-order valence-corrected chi connectivity index (χ2v) is 4.49. The van der Waals surface area contributed by atoms with Gasteiger partial charge in [0.05, 0.1) is 10.0 Å². The van der Waals surface area contributed by atoms with Crippen LogP contribution in [0, 0.1) is 0 Å². The van der Waals surface area contributed by atoms with Crippen molar-refractivity contribution in [3.63, 3.8) is 0 Å². The van der Waals surface area contributed by atoms with Crippen LogP contribution in [0.3, 0.4) is 0 Å². The molecule has 0 aliphatic carbocycles. The number of rotatable bonds is 5. The molecule has 1 unspecified atom stereocenters. The van der Waals surface area contributed by atoms with E-state index in [-0.39, 0.29) is 11.9 Å². The minimum absolute atomic E-state index is 0.0862. The van der Waals surface area contributed by atoms with Crippen molar-refractivity contribution in [2.45, 2.75) is 25.8 Å². The zero-order valence-electron chi connectivity index (χ0n) is 9.45. The van der Waals surface area contributed by atoms with E-state index >= 15 is 0 Å². The summed E-state index contributed by atoms with van der Waals surface area (Å²) in [5.41, 5.74) is 6.33. The van der Waals surface area contributed by atoms with Crippen molar-refractivity contribution in [2.75, 3.05) is 5.32 Å². The lowest BCUT2D eigenvalue weighted by Gasteiger charge is -2.17. The van der Waals surface area contributed by atoms with Crippen molar-refractivity contribution in [3.8, 4) is 0 Å². The van der Waals surface area contributed by atoms with Crippen LogP contribution in [0.2, 0.25) is 10.0 Å². The maximum atomic E-state index is 8.52. The zero-order valence-corrected chi connectivity index (χ0v) is 11.0. The molecule has 17 heavy (non-hydrogen) atoms. The number of oxime groups is 1. The van der Waals surface area contributed by atoms with E-state index in [0.29, 0.717) is 16.5 Å². The minimum Gasteiger partial charge on any atom is -0.409 e. The molecule has 0 fully saturated rings. The highest BCUT2D eigenvalue weighted by Gasteiger charge is 2.09. The molecule has 0 bridgehead atoms. The molecule has 4 nitrogen and oxygen atoms in total. The Kier molecular flexibility index (Phi) is 5.38. The lowest BCUT2D eigenvalue weighted by Crippen LogP contribution is -2.26. The highest BCUT2D eigenvalue weighted by molar-refractivity contribution is 6.42. The molecule has 0 saturated heterocycles. The maximum Gasteiger partial charge on any atom is 0.141 e. The van der Waals surface area contributed by atoms with Crippen LogP contribution in [0.5, 0.6) is 0 Å². The van der Waals surface area contributed by atoms with Crippen molar-refractivity contribution in [2.24, 2.45) is 10.9 Å². The van der Waals surface area contributed by atoms with E-state index in [9.17, 15) is 0 Å². The fourth-order valence-corrected chi connectivity index (χ4v) is 1.71. The molecule has 1 aromatic carbocycles. The van der Waals surface area contributed by atoms with Gasteiger partial charge in [-0.05, 0) is 24.6 Å². The number of anilines is 1. The van der Waals surface area contributed by atoms with Crippen LogP contribution in [0.4, 0.5) is 5.69 Å². The second-order valence-electron chi connectivity index (χ2n) is 3.67. The van der Waals surface area contributed by atoms with Crippen LogP contribution in [0.1, 0.15) is 19.8 Å². The number of hydrogen-bond acceptors (Lipinski definition) is 3. The Bertz CT molecular complexity index is 410. The molecule has 4 N–H and O–H groups in total. The highest BCUT2D eigenvalue weighted by atomic mass is 35.5. The quantitative estimate of drug-likeness (QED) is 0.334. The molecule has 0 aromatic heterocycles. The first-order valence-corrected chi connectivity index (χ1v) is 6.00. The van der Waals surface area contributed by atoms with E-state index in [1.807, 2.05) is 13.0 Å². The van der Waals surface area contributed by atoms with Crippen molar-refractivity contribution < 1.29 is 5.21 Å². The molecule has 6 heteroatoms. The van der Waals surface area contributed by atoms with E-state index in [0.717, 1.165) is 12.1 Å². The molecule has 94 valence electrons. The standard InChI is InChI=1S/C11H15Cl2N3O/c1-2-7(6-11(14)16-17)15-8-3-4-9(12)10(13)5-8/h3-5,7,15,17H,2,6H2,1H3,(H2,14,16). The van der Waals surface area contributed by atoms with Gasteiger partial charge >= 0.3 is 0 Å². The predicted molar refractivity (Wildman–Crippen MR) is 72.2 cm³/mol. The zero-order chi connectivity index (χ0) is 12.8. The molecule has 0 aliphatic rings. The summed E-state index contributed by atoms with van der Waals surface area (Å²) >= 11 is 11.7. The smallest absolute Gasteiger partial charge is 0.141 e. The summed E-state index contributed by atoms with van der Waals surface area (Å²) in [5.74, 6) is 0.199. The third-order valence-corrected chi connectivity index (χ3v) is 3.11.